The van der Waals surface area contributed by atoms with Crippen molar-refractivity contribution in [2.24, 2.45) is 7.05 Å². The van der Waals surface area contributed by atoms with Crippen LogP contribution in [0.15, 0.2) is 11.1 Å². The van der Waals surface area contributed by atoms with Crippen LogP contribution in [-0.2, 0) is 21.8 Å². The summed E-state index contributed by atoms with van der Waals surface area (Å²) in [5, 5.41) is 3.87. The summed E-state index contributed by atoms with van der Waals surface area (Å²) in [6.07, 6.45) is 1.18. The van der Waals surface area contributed by atoms with Crippen molar-refractivity contribution in [1.82, 2.24) is 14.1 Å². The smallest absolute Gasteiger partial charge is 0.248 e. The van der Waals surface area contributed by atoms with Gasteiger partial charge in [0, 0.05) is 26.3 Å². The van der Waals surface area contributed by atoms with E-state index in [1.807, 2.05) is 13.8 Å². The van der Waals surface area contributed by atoms with Gasteiger partial charge in [0.15, 0.2) is 5.82 Å². The number of rotatable bonds is 2. The summed E-state index contributed by atoms with van der Waals surface area (Å²) in [6, 6.07) is 0. The molecule has 18 heavy (non-hydrogen) atoms. The fourth-order valence-electron chi connectivity index (χ4n) is 2.15. The first-order chi connectivity index (χ1) is 8.30. The summed E-state index contributed by atoms with van der Waals surface area (Å²) < 4.78 is 33.2. The molecule has 1 aliphatic heterocycles. The van der Waals surface area contributed by atoms with Crippen LogP contribution in [0.25, 0.3) is 0 Å². The Morgan fingerprint density at radius 1 is 1.39 bits per heavy atom. The molecule has 0 aromatic carbocycles. The molecular weight excluding hydrogens is 256 g/mol. The van der Waals surface area contributed by atoms with Gasteiger partial charge in [-0.1, -0.05) is 0 Å². The first-order valence-corrected chi connectivity index (χ1v) is 7.19. The van der Waals surface area contributed by atoms with Crippen LogP contribution in [0.5, 0.6) is 0 Å². The second-order valence-corrected chi connectivity index (χ2v) is 6.54. The number of morpholine rings is 1. The van der Waals surface area contributed by atoms with Gasteiger partial charge < -0.3 is 10.5 Å². The summed E-state index contributed by atoms with van der Waals surface area (Å²) in [4.78, 5) is 0.0614. The number of aryl methyl sites for hydroxylation is 1. The molecule has 0 amide bonds. The largest absolute Gasteiger partial charge is 0.381 e. The van der Waals surface area contributed by atoms with Crippen molar-refractivity contribution in [2.75, 3.05) is 18.8 Å². The zero-order valence-corrected chi connectivity index (χ0v) is 11.5. The van der Waals surface area contributed by atoms with Gasteiger partial charge in [-0.3, -0.25) is 4.68 Å². The fourth-order valence-corrected chi connectivity index (χ4v) is 3.83. The lowest BCUT2D eigenvalue weighted by Crippen LogP contribution is -2.48. The van der Waals surface area contributed by atoms with Crippen molar-refractivity contribution in [3.63, 3.8) is 0 Å². The van der Waals surface area contributed by atoms with Crippen molar-refractivity contribution >= 4 is 15.8 Å². The molecule has 0 saturated carbocycles. The molecule has 102 valence electrons. The highest BCUT2D eigenvalue weighted by Gasteiger charge is 2.34. The quantitative estimate of drug-likeness (QED) is 0.806. The number of ether oxygens (including phenoxy) is 1. The van der Waals surface area contributed by atoms with Crippen LogP contribution in [0.3, 0.4) is 0 Å². The van der Waals surface area contributed by atoms with Gasteiger partial charge in [0.1, 0.15) is 4.90 Å². The predicted octanol–water partition coefficient (Wildman–Crippen LogP) is -0.200. The number of sulfonamides is 1. The minimum Gasteiger partial charge on any atom is -0.381 e. The first kappa shape index (κ1) is 13.3. The van der Waals surface area contributed by atoms with Crippen LogP contribution >= 0.6 is 0 Å². The number of nitrogen functional groups attached to an aromatic ring is 1. The van der Waals surface area contributed by atoms with E-state index in [9.17, 15) is 8.42 Å². The van der Waals surface area contributed by atoms with Crippen LogP contribution in [0, 0.1) is 0 Å². The second-order valence-electron chi connectivity index (χ2n) is 4.63. The van der Waals surface area contributed by atoms with Crippen LogP contribution in [0.2, 0.25) is 0 Å². The van der Waals surface area contributed by atoms with E-state index in [0.29, 0.717) is 13.1 Å². The summed E-state index contributed by atoms with van der Waals surface area (Å²) in [5.74, 6) is 0.0318. The zero-order chi connectivity index (χ0) is 13.5. The monoisotopic (exact) mass is 274 g/mol. The zero-order valence-electron chi connectivity index (χ0n) is 10.7. The summed E-state index contributed by atoms with van der Waals surface area (Å²) in [5.41, 5.74) is 5.63. The molecule has 2 heterocycles. The average Bonchev–Trinajstić information content (AvgIpc) is 2.57. The lowest BCUT2D eigenvalue weighted by Gasteiger charge is -2.34. The maximum absolute atomic E-state index is 12.4. The molecule has 8 heteroatoms. The Kier molecular flexibility index (Phi) is 3.35. The standard InChI is InChI=1S/C10H18N4O3S/c1-7-4-14(5-8(2)17-7)18(15,16)9-6-13(3)12-10(9)11/h6-8H,4-5H2,1-3H3,(H2,11,12). The molecule has 2 rings (SSSR count). The van der Waals surface area contributed by atoms with E-state index >= 15 is 0 Å². The topological polar surface area (TPSA) is 90.5 Å². The number of nitrogens with zero attached hydrogens (tertiary/aromatic N) is 3. The van der Waals surface area contributed by atoms with Crippen LogP contribution in [0.1, 0.15) is 13.8 Å². The maximum Gasteiger partial charge on any atom is 0.248 e. The highest BCUT2D eigenvalue weighted by molar-refractivity contribution is 7.89. The molecule has 2 unspecified atom stereocenters. The molecule has 2 N–H and O–H groups in total. The Morgan fingerprint density at radius 3 is 2.39 bits per heavy atom. The fraction of sp³-hybridized carbons (Fsp3) is 0.700. The SMILES string of the molecule is CC1CN(S(=O)(=O)c2cn(C)nc2N)CC(C)O1. The lowest BCUT2D eigenvalue weighted by molar-refractivity contribution is -0.0440. The second kappa shape index (κ2) is 4.52. The molecule has 1 saturated heterocycles. The Bertz CT molecular complexity index is 529. The van der Waals surface area contributed by atoms with E-state index in [1.165, 1.54) is 15.2 Å². The van der Waals surface area contributed by atoms with Gasteiger partial charge in [-0.2, -0.15) is 9.40 Å². The lowest BCUT2D eigenvalue weighted by atomic mass is 10.3. The Morgan fingerprint density at radius 2 is 1.94 bits per heavy atom. The first-order valence-electron chi connectivity index (χ1n) is 5.75. The van der Waals surface area contributed by atoms with Gasteiger partial charge in [0.25, 0.3) is 0 Å². The van der Waals surface area contributed by atoms with Gasteiger partial charge in [0.2, 0.25) is 10.0 Å². The summed E-state index contributed by atoms with van der Waals surface area (Å²) in [6.45, 7) is 4.37. The minimum absolute atomic E-state index is 0.0318. The molecular formula is C10H18N4O3S. The molecule has 7 nitrogen and oxygen atoms in total. The van der Waals surface area contributed by atoms with Gasteiger partial charge in [-0.05, 0) is 13.8 Å². The molecule has 1 fully saturated rings. The van der Waals surface area contributed by atoms with Gasteiger partial charge >= 0.3 is 0 Å². The van der Waals surface area contributed by atoms with Crippen molar-refractivity contribution in [2.45, 2.75) is 31.0 Å². The number of nitrogens with two attached hydrogens (primary N) is 1. The van der Waals surface area contributed by atoms with Gasteiger partial charge in [0.05, 0.1) is 12.2 Å². The predicted molar refractivity (Wildman–Crippen MR) is 66.4 cm³/mol. The molecule has 0 aliphatic carbocycles. The van der Waals surface area contributed by atoms with Gasteiger partial charge in [-0.25, -0.2) is 8.42 Å². The van der Waals surface area contributed by atoms with E-state index in [1.54, 1.807) is 7.05 Å². The van der Waals surface area contributed by atoms with E-state index < -0.39 is 10.0 Å². The third kappa shape index (κ3) is 2.36. The van der Waals surface area contributed by atoms with E-state index in [2.05, 4.69) is 5.10 Å². The Labute approximate surface area is 107 Å². The molecule has 1 aliphatic rings. The normalized spacial score (nSPS) is 26.4. The van der Waals surface area contributed by atoms with E-state index in [0.717, 1.165) is 0 Å². The molecule has 1 aromatic rings. The molecule has 0 bridgehead atoms. The Balaban J connectivity index is 2.34. The highest BCUT2D eigenvalue weighted by atomic mass is 32.2. The average molecular weight is 274 g/mol. The third-order valence-electron chi connectivity index (χ3n) is 2.83. The number of aromatic nitrogens is 2. The molecule has 1 aromatic heterocycles. The highest BCUT2D eigenvalue weighted by Crippen LogP contribution is 2.24. The molecule has 2 atom stereocenters. The van der Waals surface area contributed by atoms with Crippen molar-refractivity contribution in [3.8, 4) is 0 Å². The maximum atomic E-state index is 12.4. The van der Waals surface area contributed by atoms with Crippen molar-refractivity contribution in [3.05, 3.63) is 6.20 Å². The summed E-state index contributed by atoms with van der Waals surface area (Å²) >= 11 is 0. The number of anilines is 1. The van der Waals surface area contributed by atoms with Crippen LogP contribution < -0.4 is 5.73 Å². The van der Waals surface area contributed by atoms with Gasteiger partial charge in [-0.15, -0.1) is 0 Å². The summed E-state index contributed by atoms with van der Waals surface area (Å²) in [7, 11) is -1.95. The number of hydrogen-bond acceptors (Lipinski definition) is 5. The van der Waals surface area contributed by atoms with E-state index in [4.69, 9.17) is 10.5 Å². The van der Waals surface area contributed by atoms with Crippen LogP contribution in [0.4, 0.5) is 5.82 Å². The van der Waals surface area contributed by atoms with E-state index in [-0.39, 0.29) is 22.9 Å². The third-order valence-corrected chi connectivity index (χ3v) is 4.67. The van der Waals surface area contributed by atoms with Crippen molar-refractivity contribution < 1.29 is 13.2 Å². The minimum atomic E-state index is -3.59. The molecule has 0 spiro atoms. The van der Waals surface area contributed by atoms with Crippen molar-refractivity contribution in [1.29, 1.82) is 0 Å². The Hall–Kier alpha value is -1.12. The number of hydrogen-bond donors (Lipinski definition) is 1. The van der Waals surface area contributed by atoms with Crippen LogP contribution in [-0.4, -0.2) is 47.8 Å². The molecule has 0 radical (unpaired) electrons.